The molecule has 1 aliphatic heterocycles. The van der Waals surface area contributed by atoms with E-state index in [2.05, 4.69) is 5.32 Å². The Hall–Kier alpha value is -1.14. The van der Waals surface area contributed by atoms with Gasteiger partial charge in [-0.15, -0.1) is 0 Å². The summed E-state index contributed by atoms with van der Waals surface area (Å²) >= 11 is 0. The lowest BCUT2D eigenvalue weighted by molar-refractivity contribution is -0.137. The van der Waals surface area contributed by atoms with Gasteiger partial charge in [-0.1, -0.05) is 6.07 Å². The van der Waals surface area contributed by atoms with Crippen LogP contribution in [0.2, 0.25) is 0 Å². The van der Waals surface area contributed by atoms with E-state index in [1.54, 1.807) is 0 Å². The molecule has 0 aliphatic carbocycles. The van der Waals surface area contributed by atoms with Gasteiger partial charge >= 0.3 is 6.18 Å². The SMILES string of the molecule is Fc1cc(C(F)(F)F)ccc1C1CNCCO1. The van der Waals surface area contributed by atoms with E-state index in [1.807, 2.05) is 0 Å². The molecule has 1 saturated heterocycles. The molecule has 6 heteroatoms. The highest BCUT2D eigenvalue weighted by Crippen LogP contribution is 2.32. The number of rotatable bonds is 1. The van der Waals surface area contributed by atoms with Crippen LogP contribution in [0.3, 0.4) is 0 Å². The highest BCUT2D eigenvalue weighted by Gasteiger charge is 2.32. The van der Waals surface area contributed by atoms with Crippen LogP contribution in [0.1, 0.15) is 17.2 Å². The predicted octanol–water partition coefficient (Wildman–Crippen LogP) is 2.51. The van der Waals surface area contributed by atoms with Gasteiger partial charge in [0.2, 0.25) is 0 Å². The molecule has 0 spiro atoms. The Kier molecular flexibility index (Phi) is 3.35. The van der Waals surface area contributed by atoms with Gasteiger partial charge in [0.1, 0.15) is 5.82 Å². The quantitative estimate of drug-likeness (QED) is 0.772. The van der Waals surface area contributed by atoms with E-state index < -0.39 is 23.7 Å². The van der Waals surface area contributed by atoms with Crippen molar-refractivity contribution in [3.8, 4) is 0 Å². The summed E-state index contributed by atoms with van der Waals surface area (Å²) in [5.41, 5.74) is -0.826. The van der Waals surface area contributed by atoms with Crippen LogP contribution in [0.4, 0.5) is 17.6 Å². The first kappa shape index (κ1) is 12.3. The number of benzene rings is 1. The summed E-state index contributed by atoms with van der Waals surface area (Å²) < 4.78 is 55.8. The van der Waals surface area contributed by atoms with E-state index >= 15 is 0 Å². The van der Waals surface area contributed by atoms with Gasteiger partial charge in [0, 0.05) is 18.7 Å². The molecule has 1 aliphatic rings. The van der Waals surface area contributed by atoms with Crippen LogP contribution in [0.25, 0.3) is 0 Å². The molecule has 1 aromatic carbocycles. The van der Waals surface area contributed by atoms with E-state index in [1.165, 1.54) is 0 Å². The molecular formula is C11H11F4NO. The number of morpholine rings is 1. The number of hydrogen-bond acceptors (Lipinski definition) is 2. The molecule has 2 rings (SSSR count). The maximum atomic E-state index is 13.6. The second-order valence-electron chi connectivity index (χ2n) is 3.80. The lowest BCUT2D eigenvalue weighted by Gasteiger charge is -2.24. The third-order valence-electron chi connectivity index (χ3n) is 2.60. The molecule has 17 heavy (non-hydrogen) atoms. The summed E-state index contributed by atoms with van der Waals surface area (Å²) in [5.74, 6) is -0.881. The molecule has 0 saturated carbocycles. The van der Waals surface area contributed by atoms with Gasteiger partial charge < -0.3 is 10.1 Å². The van der Waals surface area contributed by atoms with Crippen LogP contribution >= 0.6 is 0 Å². The minimum absolute atomic E-state index is 0.158. The first-order valence-corrected chi connectivity index (χ1v) is 5.17. The molecule has 94 valence electrons. The molecule has 1 N–H and O–H groups in total. The van der Waals surface area contributed by atoms with E-state index in [0.717, 1.165) is 12.1 Å². The molecule has 1 fully saturated rings. The summed E-state index contributed by atoms with van der Waals surface area (Å²) in [6.07, 6.45) is -5.04. The molecule has 0 bridgehead atoms. The van der Waals surface area contributed by atoms with Crippen LogP contribution in [0, 0.1) is 5.82 Å². The summed E-state index contributed by atoms with van der Waals surface area (Å²) in [6, 6.07) is 2.51. The monoisotopic (exact) mass is 249 g/mol. The Labute approximate surface area is 95.6 Å². The molecule has 2 nitrogen and oxygen atoms in total. The van der Waals surface area contributed by atoms with Crippen molar-refractivity contribution in [2.24, 2.45) is 0 Å². The number of halogens is 4. The van der Waals surface area contributed by atoms with Crippen molar-refractivity contribution in [1.29, 1.82) is 0 Å². The first-order valence-electron chi connectivity index (χ1n) is 5.17. The molecule has 0 radical (unpaired) electrons. The molecule has 1 aromatic rings. The van der Waals surface area contributed by atoms with Gasteiger partial charge in [0.15, 0.2) is 0 Å². The fourth-order valence-electron chi connectivity index (χ4n) is 1.73. The smallest absolute Gasteiger partial charge is 0.371 e. The van der Waals surface area contributed by atoms with Crippen molar-refractivity contribution in [2.45, 2.75) is 12.3 Å². The lowest BCUT2D eigenvalue weighted by Crippen LogP contribution is -2.33. The lowest BCUT2D eigenvalue weighted by atomic mass is 10.0. The van der Waals surface area contributed by atoms with Gasteiger partial charge in [0.25, 0.3) is 0 Å². The number of hydrogen-bond donors (Lipinski definition) is 1. The number of alkyl halides is 3. The Morgan fingerprint density at radius 1 is 1.29 bits per heavy atom. The Bertz CT molecular complexity index is 399. The minimum Gasteiger partial charge on any atom is -0.371 e. The number of nitrogens with one attached hydrogen (secondary N) is 1. The number of ether oxygens (including phenoxy) is 1. The Morgan fingerprint density at radius 2 is 2.06 bits per heavy atom. The van der Waals surface area contributed by atoms with Gasteiger partial charge in [-0.3, -0.25) is 0 Å². The summed E-state index contributed by atoms with van der Waals surface area (Å²) in [4.78, 5) is 0. The van der Waals surface area contributed by atoms with Crippen molar-refractivity contribution in [1.82, 2.24) is 5.32 Å². The third kappa shape index (κ3) is 2.76. The van der Waals surface area contributed by atoms with Crippen molar-refractivity contribution in [3.05, 3.63) is 35.1 Å². The Morgan fingerprint density at radius 3 is 2.59 bits per heavy atom. The van der Waals surface area contributed by atoms with Crippen LogP contribution in [0.15, 0.2) is 18.2 Å². The topological polar surface area (TPSA) is 21.3 Å². The van der Waals surface area contributed by atoms with Crippen LogP contribution in [-0.4, -0.2) is 19.7 Å². The second kappa shape index (κ2) is 4.62. The summed E-state index contributed by atoms with van der Waals surface area (Å²) in [7, 11) is 0. The molecule has 1 atom stereocenters. The van der Waals surface area contributed by atoms with Crippen LogP contribution < -0.4 is 5.32 Å². The van der Waals surface area contributed by atoms with E-state index in [0.29, 0.717) is 25.8 Å². The summed E-state index contributed by atoms with van der Waals surface area (Å²) in [6.45, 7) is 1.49. The zero-order chi connectivity index (χ0) is 12.5. The summed E-state index contributed by atoms with van der Waals surface area (Å²) in [5, 5.41) is 2.99. The van der Waals surface area contributed by atoms with Gasteiger partial charge in [-0.25, -0.2) is 4.39 Å². The zero-order valence-electron chi connectivity index (χ0n) is 8.85. The van der Waals surface area contributed by atoms with Crippen molar-refractivity contribution < 1.29 is 22.3 Å². The standard InChI is InChI=1S/C11H11F4NO/c12-9-5-7(11(13,14)15)1-2-8(9)10-6-16-3-4-17-10/h1-2,5,10,16H,3-4,6H2. The second-order valence-corrected chi connectivity index (χ2v) is 3.80. The fourth-order valence-corrected chi connectivity index (χ4v) is 1.73. The van der Waals surface area contributed by atoms with Crippen LogP contribution in [0.5, 0.6) is 0 Å². The molecule has 0 aromatic heterocycles. The highest BCUT2D eigenvalue weighted by molar-refractivity contribution is 5.28. The molecular weight excluding hydrogens is 238 g/mol. The molecule has 1 heterocycles. The zero-order valence-corrected chi connectivity index (χ0v) is 8.85. The first-order chi connectivity index (χ1) is 7.98. The minimum atomic E-state index is -4.52. The predicted molar refractivity (Wildman–Crippen MR) is 53.0 cm³/mol. The van der Waals surface area contributed by atoms with E-state index in [9.17, 15) is 17.6 Å². The fraction of sp³-hybridized carbons (Fsp3) is 0.455. The van der Waals surface area contributed by atoms with E-state index in [-0.39, 0.29) is 5.56 Å². The van der Waals surface area contributed by atoms with Crippen molar-refractivity contribution >= 4 is 0 Å². The molecule has 0 amide bonds. The maximum absolute atomic E-state index is 13.6. The largest absolute Gasteiger partial charge is 0.416 e. The average Bonchev–Trinajstić information content (AvgIpc) is 2.29. The molecule has 1 unspecified atom stereocenters. The van der Waals surface area contributed by atoms with E-state index in [4.69, 9.17) is 4.74 Å². The normalized spacial score (nSPS) is 21.5. The van der Waals surface area contributed by atoms with Crippen LogP contribution in [-0.2, 0) is 10.9 Å². The van der Waals surface area contributed by atoms with Crippen molar-refractivity contribution in [2.75, 3.05) is 19.7 Å². The van der Waals surface area contributed by atoms with Gasteiger partial charge in [0.05, 0.1) is 18.3 Å². The average molecular weight is 249 g/mol. The van der Waals surface area contributed by atoms with Gasteiger partial charge in [-0.05, 0) is 12.1 Å². The Balaban J connectivity index is 2.25. The van der Waals surface area contributed by atoms with Gasteiger partial charge in [-0.2, -0.15) is 13.2 Å². The maximum Gasteiger partial charge on any atom is 0.416 e. The van der Waals surface area contributed by atoms with Crippen molar-refractivity contribution in [3.63, 3.8) is 0 Å². The third-order valence-corrected chi connectivity index (χ3v) is 2.60. The highest BCUT2D eigenvalue weighted by atomic mass is 19.4.